The molecule has 2 amide bonds. The number of likely N-dealkylation sites (tertiary alicyclic amines) is 1. The summed E-state index contributed by atoms with van der Waals surface area (Å²) >= 11 is 7.73. The molecule has 3 aromatic rings. The molecule has 2 aliphatic rings. The zero-order valence-electron chi connectivity index (χ0n) is 20.6. The molecule has 0 atom stereocenters. The Bertz CT molecular complexity index is 1280. The lowest BCUT2D eigenvalue weighted by Gasteiger charge is -2.36. The van der Waals surface area contributed by atoms with Crippen molar-refractivity contribution in [2.24, 2.45) is 0 Å². The largest absolute Gasteiger partial charge is 0.476 e. The second-order valence-corrected chi connectivity index (χ2v) is 11.3. The average Bonchev–Trinajstić information content (AvgIpc) is 3.55. The van der Waals surface area contributed by atoms with E-state index < -0.39 is 5.60 Å². The van der Waals surface area contributed by atoms with Crippen LogP contribution in [0.15, 0.2) is 47.8 Å². The first kappa shape index (κ1) is 24.8. The van der Waals surface area contributed by atoms with Gasteiger partial charge in [-0.3, -0.25) is 9.59 Å². The minimum Gasteiger partial charge on any atom is -0.476 e. The van der Waals surface area contributed by atoms with Crippen LogP contribution in [-0.4, -0.2) is 40.4 Å². The Morgan fingerprint density at radius 1 is 1.11 bits per heavy atom. The number of carbonyl (C=O) groups excluding carboxylic acids is 2. The van der Waals surface area contributed by atoms with E-state index in [-0.39, 0.29) is 17.7 Å². The number of piperidine rings is 1. The average molecular weight is 524 g/mol. The number of amides is 2. The van der Waals surface area contributed by atoms with Gasteiger partial charge in [0.25, 0.3) is 11.8 Å². The molecule has 1 aliphatic heterocycles. The van der Waals surface area contributed by atoms with Crippen molar-refractivity contribution in [1.29, 1.82) is 0 Å². The maximum Gasteiger partial charge on any atom is 0.275 e. The molecule has 2 heterocycles. The van der Waals surface area contributed by atoms with Crippen LogP contribution in [0.5, 0.6) is 5.75 Å². The molecule has 1 aliphatic carbocycles. The maximum atomic E-state index is 13.2. The van der Waals surface area contributed by atoms with Crippen molar-refractivity contribution in [3.8, 4) is 5.75 Å². The number of aryl methyl sites for hydroxylation is 2. The molecule has 5 rings (SSSR count). The van der Waals surface area contributed by atoms with Crippen LogP contribution < -0.4 is 10.1 Å². The van der Waals surface area contributed by atoms with Gasteiger partial charge in [0.2, 0.25) is 0 Å². The summed E-state index contributed by atoms with van der Waals surface area (Å²) in [5.74, 6) is 0.491. The molecule has 8 heteroatoms. The second kappa shape index (κ2) is 10.2. The van der Waals surface area contributed by atoms with Gasteiger partial charge in [0.1, 0.15) is 11.4 Å². The SMILES string of the molecule is CC(C)(Oc1ccccc1Cl)C(=O)N1CCC(c2nc(C(=O)Nc3ccc4c(c3)CCC4)cs2)CC1. The number of aromatic nitrogens is 1. The fourth-order valence-electron chi connectivity index (χ4n) is 4.98. The highest BCUT2D eigenvalue weighted by Gasteiger charge is 2.37. The van der Waals surface area contributed by atoms with Crippen molar-refractivity contribution < 1.29 is 14.3 Å². The van der Waals surface area contributed by atoms with Gasteiger partial charge in [0.05, 0.1) is 10.0 Å². The molecule has 1 fully saturated rings. The molecule has 1 N–H and O–H groups in total. The first-order chi connectivity index (χ1) is 17.3. The van der Waals surface area contributed by atoms with E-state index >= 15 is 0 Å². The first-order valence-corrected chi connectivity index (χ1v) is 13.7. The maximum absolute atomic E-state index is 13.2. The van der Waals surface area contributed by atoms with Gasteiger partial charge >= 0.3 is 0 Å². The van der Waals surface area contributed by atoms with Gasteiger partial charge in [-0.1, -0.05) is 29.8 Å². The van der Waals surface area contributed by atoms with Gasteiger partial charge in [0.15, 0.2) is 5.60 Å². The number of benzene rings is 2. The lowest BCUT2D eigenvalue weighted by molar-refractivity contribution is -0.146. The van der Waals surface area contributed by atoms with E-state index in [1.807, 2.05) is 28.5 Å². The molecule has 1 saturated heterocycles. The van der Waals surface area contributed by atoms with E-state index in [9.17, 15) is 9.59 Å². The van der Waals surface area contributed by atoms with Crippen LogP contribution >= 0.6 is 22.9 Å². The molecule has 188 valence electrons. The lowest BCUT2D eigenvalue weighted by atomic mass is 9.96. The molecular weight excluding hydrogens is 494 g/mol. The number of nitrogens with zero attached hydrogens (tertiary/aromatic N) is 2. The molecule has 0 spiro atoms. The number of anilines is 1. The number of para-hydroxylation sites is 1. The number of rotatable bonds is 6. The van der Waals surface area contributed by atoms with E-state index in [2.05, 4.69) is 22.4 Å². The van der Waals surface area contributed by atoms with E-state index in [0.29, 0.717) is 29.6 Å². The number of hydrogen-bond donors (Lipinski definition) is 1. The number of thiazole rings is 1. The minimum atomic E-state index is -1.03. The molecule has 0 unspecified atom stereocenters. The quantitative estimate of drug-likeness (QED) is 0.423. The summed E-state index contributed by atoms with van der Waals surface area (Å²) in [4.78, 5) is 32.5. The standard InChI is InChI=1S/C28H30ClN3O3S/c1-28(2,35-24-9-4-3-8-22(24)29)27(34)32-14-12-19(13-15-32)26-31-23(17-36-26)25(33)30-21-11-10-18-6-5-7-20(18)16-21/h3-4,8-11,16-17,19H,5-7,12-15H2,1-2H3,(H,30,33). The summed E-state index contributed by atoms with van der Waals surface area (Å²) in [6, 6.07) is 13.3. The summed E-state index contributed by atoms with van der Waals surface area (Å²) in [6.45, 7) is 4.79. The number of nitrogens with one attached hydrogen (secondary N) is 1. The number of halogens is 1. The number of carbonyl (C=O) groups is 2. The first-order valence-electron chi connectivity index (χ1n) is 12.4. The number of hydrogen-bond acceptors (Lipinski definition) is 5. The van der Waals surface area contributed by atoms with Crippen LogP contribution in [0.1, 0.15) is 65.7 Å². The normalized spacial score (nSPS) is 16.0. The smallest absolute Gasteiger partial charge is 0.275 e. The van der Waals surface area contributed by atoms with Crippen LogP contribution in [0.25, 0.3) is 0 Å². The van der Waals surface area contributed by atoms with E-state index in [4.69, 9.17) is 16.3 Å². The van der Waals surface area contributed by atoms with Crippen LogP contribution in [0.4, 0.5) is 5.69 Å². The summed E-state index contributed by atoms with van der Waals surface area (Å²) < 4.78 is 5.98. The van der Waals surface area contributed by atoms with Gasteiger partial charge in [-0.15, -0.1) is 11.3 Å². The predicted octanol–water partition coefficient (Wildman–Crippen LogP) is 6.10. The zero-order valence-corrected chi connectivity index (χ0v) is 22.1. The summed E-state index contributed by atoms with van der Waals surface area (Å²) in [6.07, 6.45) is 4.97. The van der Waals surface area contributed by atoms with Gasteiger partial charge in [-0.05, 0) is 81.3 Å². The van der Waals surface area contributed by atoms with Crippen molar-refractivity contribution >= 4 is 40.4 Å². The van der Waals surface area contributed by atoms with Crippen LogP contribution in [-0.2, 0) is 17.6 Å². The Morgan fingerprint density at radius 3 is 2.64 bits per heavy atom. The van der Waals surface area contributed by atoms with Crippen molar-refractivity contribution in [3.05, 3.63) is 74.7 Å². The van der Waals surface area contributed by atoms with E-state index in [1.165, 1.54) is 28.9 Å². The van der Waals surface area contributed by atoms with E-state index in [1.54, 1.807) is 26.0 Å². The Morgan fingerprint density at radius 2 is 1.86 bits per heavy atom. The van der Waals surface area contributed by atoms with Crippen LogP contribution in [0.3, 0.4) is 0 Å². The molecule has 0 bridgehead atoms. The Kier molecular flexibility index (Phi) is 7.04. The topological polar surface area (TPSA) is 71.5 Å². The predicted molar refractivity (Wildman–Crippen MR) is 143 cm³/mol. The highest BCUT2D eigenvalue weighted by Crippen LogP contribution is 2.33. The number of fused-ring (bicyclic) bond motifs is 1. The van der Waals surface area contributed by atoms with Crippen molar-refractivity contribution in [2.75, 3.05) is 18.4 Å². The Balaban J connectivity index is 1.17. The molecule has 0 saturated carbocycles. The van der Waals surface area contributed by atoms with Gasteiger partial charge in [-0.25, -0.2) is 4.98 Å². The van der Waals surface area contributed by atoms with Crippen molar-refractivity contribution in [1.82, 2.24) is 9.88 Å². The summed E-state index contributed by atoms with van der Waals surface area (Å²) in [5.41, 5.74) is 2.95. The fourth-order valence-corrected chi connectivity index (χ4v) is 6.13. The minimum absolute atomic E-state index is 0.0607. The third kappa shape index (κ3) is 5.27. The molecule has 0 radical (unpaired) electrons. The van der Waals surface area contributed by atoms with E-state index in [0.717, 1.165) is 36.4 Å². The van der Waals surface area contributed by atoms with Crippen molar-refractivity contribution in [2.45, 2.75) is 57.5 Å². The van der Waals surface area contributed by atoms with Gasteiger partial charge < -0.3 is 15.0 Å². The summed E-state index contributed by atoms with van der Waals surface area (Å²) in [7, 11) is 0. The van der Waals surface area contributed by atoms with Crippen LogP contribution in [0, 0.1) is 0 Å². The molecular formula is C28H30ClN3O3S. The van der Waals surface area contributed by atoms with Gasteiger partial charge in [-0.2, -0.15) is 0 Å². The summed E-state index contributed by atoms with van der Waals surface area (Å²) in [5, 5.41) is 6.26. The monoisotopic (exact) mass is 523 g/mol. The Hall–Kier alpha value is -2.90. The van der Waals surface area contributed by atoms with Crippen molar-refractivity contribution in [3.63, 3.8) is 0 Å². The lowest BCUT2D eigenvalue weighted by Crippen LogP contribution is -2.51. The molecule has 1 aromatic heterocycles. The fraction of sp³-hybridized carbons (Fsp3) is 0.393. The second-order valence-electron chi connectivity index (χ2n) is 9.97. The van der Waals surface area contributed by atoms with Gasteiger partial charge in [0, 0.05) is 30.1 Å². The van der Waals surface area contributed by atoms with Crippen LogP contribution in [0.2, 0.25) is 5.02 Å². The third-order valence-electron chi connectivity index (χ3n) is 6.96. The highest BCUT2D eigenvalue weighted by atomic mass is 35.5. The highest BCUT2D eigenvalue weighted by molar-refractivity contribution is 7.10. The third-order valence-corrected chi connectivity index (χ3v) is 8.28. The zero-order chi connectivity index (χ0) is 25.3. The Labute approximate surface area is 220 Å². The number of ether oxygens (including phenoxy) is 1. The molecule has 2 aromatic carbocycles. The molecule has 6 nitrogen and oxygen atoms in total. The molecule has 36 heavy (non-hydrogen) atoms.